The highest BCUT2D eigenvalue weighted by molar-refractivity contribution is 5.94. The monoisotopic (exact) mass is 318 g/mol. The molecule has 2 rings (SSSR count). The van der Waals surface area contributed by atoms with Gasteiger partial charge in [-0.2, -0.15) is 0 Å². The lowest BCUT2D eigenvalue weighted by Gasteiger charge is -2.23. The van der Waals surface area contributed by atoms with Gasteiger partial charge in [-0.15, -0.1) is 0 Å². The molecule has 2 atom stereocenters. The molecular formula is C18H26N2O3. The largest absolute Gasteiger partial charge is 0.393 e. The second-order valence-corrected chi connectivity index (χ2v) is 6.26. The van der Waals surface area contributed by atoms with Crippen LogP contribution in [0.1, 0.15) is 42.5 Å². The molecule has 0 aromatic heterocycles. The molecule has 23 heavy (non-hydrogen) atoms. The average Bonchev–Trinajstić information content (AvgIpc) is 2.96. The van der Waals surface area contributed by atoms with E-state index in [0.29, 0.717) is 31.5 Å². The van der Waals surface area contributed by atoms with Crippen molar-refractivity contribution in [3.8, 4) is 0 Å². The van der Waals surface area contributed by atoms with Crippen LogP contribution in [-0.2, 0) is 4.79 Å². The van der Waals surface area contributed by atoms with Gasteiger partial charge in [-0.25, -0.2) is 0 Å². The molecule has 0 aliphatic heterocycles. The van der Waals surface area contributed by atoms with Gasteiger partial charge in [0, 0.05) is 38.0 Å². The Morgan fingerprint density at radius 3 is 2.65 bits per heavy atom. The maximum absolute atomic E-state index is 12.1. The van der Waals surface area contributed by atoms with Gasteiger partial charge < -0.3 is 15.3 Å². The van der Waals surface area contributed by atoms with Gasteiger partial charge in [0.1, 0.15) is 0 Å². The number of hydrogen-bond acceptors (Lipinski definition) is 3. The molecule has 1 aliphatic rings. The van der Waals surface area contributed by atoms with Gasteiger partial charge in [0.2, 0.25) is 5.91 Å². The van der Waals surface area contributed by atoms with Gasteiger partial charge in [-0.1, -0.05) is 24.6 Å². The van der Waals surface area contributed by atoms with Gasteiger partial charge >= 0.3 is 0 Å². The van der Waals surface area contributed by atoms with Crippen LogP contribution in [0, 0.1) is 5.92 Å². The molecule has 126 valence electrons. The Labute approximate surface area is 137 Å². The van der Waals surface area contributed by atoms with E-state index in [1.54, 1.807) is 24.1 Å². The van der Waals surface area contributed by atoms with Gasteiger partial charge in [0.25, 0.3) is 5.91 Å². The fraction of sp³-hybridized carbons (Fsp3) is 0.556. The van der Waals surface area contributed by atoms with Crippen molar-refractivity contribution in [2.24, 2.45) is 5.92 Å². The summed E-state index contributed by atoms with van der Waals surface area (Å²) < 4.78 is 0. The minimum Gasteiger partial charge on any atom is -0.393 e. The first-order valence-electron chi connectivity index (χ1n) is 8.33. The first kappa shape index (κ1) is 17.5. The highest BCUT2D eigenvalue weighted by atomic mass is 16.3. The average molecular weight is 318 g/mol. The Balaban J connectivity index is 1.63. The van der Waals surface area contributed by atoms with Crippen LogP contribution >= 0.6 is 0 Å². The maximum atomic E-state index is 12.1. The highest BCUT2D eigenvalue weighted by Gasteiger charge is 2.27. The molecule has 5 heteroatoms. The topological polar surface area (TPSA) is 69.6 Å². The number of nitrogens with one attached hydrogen (secondary N) is 1. The molecule has 5 nitrogen and oxygen atoms in total. The molecule has 1 aromatic carbocycles. The zero-order valence-electron chi connectivity index (χ0n) is 13.7. The van der Waals surface area contributed by atoms with Crippen LogP contribution in [0.25, 0.3) is 0 Å². The summed E-state index contributed by atoms with van der Waals surface area (Å²) in [6, 6.07) is 9.05. The number of aliphatic hydroxyl groups excluding tert-OH is 1. The summed E-state index contributed by atoms with van der Waals surface area (Å²) in [6.45, 7) is 1.11. The summed E-state index contributed by atoms with van der Waals surface area (Å²) in [5.41, 5.74) is 0.631. The predicted molar refractivity (Wildman–Crippen MR) is 89.0 cm³/mol. The minimum absolute atomic E-state index is 0.0676. The first-order chi connectivity index (χ1) is 11.1. The normalized spacial score (nSPS) is 20.3. The fourth-order valence-electron chi connectivity index (χ4n) is 3.01. The van der Waals surface area contributed by atoms with Gasteiger partial charge in [0.15, 0.2) is 0 Å². The Hall–Kier alpha value is -1.88. The minimum atomic E-state index is -0.268. The fourth-order valence-corrected chi connectivity index (χ4v) is 3.01. The molecule has 1 fully saturated rings. The molecule has 2 N–H and O–H groups in total. The van der Waals surface area contributed by atoms with Crippen LogP contribution in [0.3, 0.4) is 0 Å². The molecule has 2 amide bonds. The lowest BCUT2D eigenvalue weighted by atomic mass is 10.1. The summed E-state index contributed by atoms with van der Waals surface area (Å²) in [5, 5.41) is 12.6. The summed E-state index contributed by atoms with van der Waals surface area (Å²) in [7, 11) is 1.79. The first-order valence-corrected chi connectivity index (χ1v) is 8.33. The predicted octanol–water partition coefficient (Wildman–Crippen LogP) is 1.82. The lowest BCUT2D eigenvalue weighted by molar-refractivity contribution is -0.130. The Morgan fingerprint density at radius 1 is 1.26 bits per heavy atom. The Bertz CT molecular complexity index is 518. The van der Waals surface area contributed by atoms with Crippen LogP contribution in [0.15, 0.2) is 30.3 Å². The summed E-state index contributed by atoms with van der Waals surface area (Å²) >= 11 is 0. The molecule has 1 saturated carbocycles. The molecule has 0 radical (unpaired) electrons. The highest BCUT2D eigenvalue weighted by Crippen LogP contribution is 2.26. The van der Waals surface area contributed by atoms with Gasteiger partial charge in [0.05, 0.1) is 6.10 Å². The third-order valence-corrected chi connectivity index (χ3v) is 4.44. The van der Waals surface area contributed by atoms with Crippen molar-refractivity contribution in [3.05, 3.63) is 35.9 Å². The molecule has 0 heterocycles. The van der Waals surface area contributed by atoms with E-state index >= 15 is 0 Å². The summed E-state index contributed by atoms with van der Waals surface area (Å²) in [4.78, 5) is 25.6. The van der Waals surface area contributed by atoms with Crippen molar-refractivity contribution in [2.75, 3.05) is 20.1 Å². The van der Waals surface area contributed by atoms with Gasteiger partial charge in [-0.3, -0.25) is 9.59 Å². The number of benzene rings is 1. The molecule has 2 unspecified atom stereocenters. The van der Waals surface area contributed by atoms with E-state index in [1.807, 2.05) is 18.2 Å². The van der Waals surface area contributed by atoms with Gasteiger partial charge in [-0.05, 0) is 31.4 Å². The number of amides is 2. The van der Waals surface area contributed by atoms with E-state index in [0.717, 1.165) is 19.3 Å². The van der Waals surface area contributed by atoms with E-state index in [1.165, 1.54) is 0 Å². The van der Waals surface area contributed by atoms with E-state index in [-0.39, 0.29) is 23.8 Å². The molecule has 0 spiro atoms. The number of carbonyl (C=O) groups excluding carboxylic acids is 2. The third-order valence-electron chi connectivity index (χ3n) is 4.44. The van der Waals surface area contributed by atoms with Crippen LogP contribution in [0.2, 0.25) is 0 Å². The van der Waals surface area contributed by atoms with Crippen molar-refractivity contribution >= 4 is 11.8 Å². The number of carbonyl (C=O) groups is 2. The van der Waals surface area contributed by atoms with E-state index in [4.69, 9.17) is 0 Å². The van der Waals surface area contributed by atoms with Crippen LogP contribution in [0.5, 0.6) is 0 Å². The lowest BCUT2D eigenvalue weighted by Crippen LogP contribution is -2.35. The number of nitrogens with zero attached hydrogens (tertiary/aromatic N) is 1. The Morgan fingerprint density at radius 2 is 2.00 bits per heavy atom. The van der Waals surface area contributed by atoms with E-state index in [9.17, 15) is 14.7 Å². The smallest absolute Gasteiger partial charge is 0.251 e. The quantitative estimate of drug-likeness (QED) is 0.753. The molecule has 1 aromatic rings. The zero-order valence-corrected chi connectivity index (χ0v) is 13.7. The molecule has 0 bridgehead atoms. The SMILES string of the molecule is CN(CC1CCCC1O)C(=O)CCCNC(=O)c1ccccc1. The van der Waals surface area contributed by atoms with Crippen LogP contribution < -0.4 is 5.32 Å². The van der Waals surface area contributed by atoms with Crippen molar-refractivity contribution in [2.45, 2.75) is 38.2 Å². The molecule has 1 aliphatic carbocycles. The third kappa shape index (κ3) is 5.36. The van der Waals surface area contributed by atoms with E-state index in [2.05, 4.69) is 5.32 Å². The maximum Gasteiger partial charge on any atom is 0.251 e. The molecular weight excluding hydrogens is 292 g/mol. The summed E-state index contributed by atoms with van der Waals surface area (Å²) in [5.74, 6) is 0.167. The zero-order chi connectivity index (χ0) is 16.7. The van der Waals surface area contributed by atoms with Crippen molar-refractivity contribution in [1.82, 2.24) is 10.2 Å². The van der Waals surface area contributed by atoms with Crippen molar-refractivity contribution < 1.29 is 14.7 Å². The van der Waals surface area contributed by atoms with E-state index < -0.39 is 0 Å². The second-order valence-electron chi connectivity index (χ2n) is 6.26. The Kier molecular flexibility index (Phi) is 6.59. The second kappa shape index (κ2) is 8.67. The number of hydrogen-bond donors (Lipinski definition) is 2. The molecule has 0 saturated heterocycles. The van der Waals surface area contributed by atoms with Crippen molar-refractivity contribution in [3.63, 3.8) is 0 Å². The summed E-state index contributed by atoms with van der Waals surface area (Å²) in [6.07, 6.45) is 3.64. The standard InChI is InChI=1S/C18H26N2O3/c1-20(13-15-9-5-10-16(15)21)17(22)11-6-12-19-18(23)14-7-3-2-4-8-14/h2-4,7-8,15-16,21H,5-6,9-13H2,1H3,(H,19,23). The van der Waals surface area contributed by atoms with Crippen LogP contribution in [0.4, 0.5) is 0 Å². The number of aliphatic hydroxyl groups is 1. The van der Waals surface area contributed by atoms with Crippen molar-refractivity contribution in [1.29, 1.82) is 0 Å². The number of rotatable bonds is 7. The van der Waals surface area contributed by atoms with Crippen LogP contribution in [-0.4, -0.2) is 48.1 Å².